The number of carbonyl (C=O) groups is 1. The summed E-state index contributed by atoms with van der Waals surface area (Å²) in [6.07, 6.45) is 1.64. The number of anilines is 1. The number of fused-ring (bicyclic) bond motifs is 1. The molecule has 0 fully saturated rings. The van der Waals surface area contributed by atoms with Crippen LogP contribution >= 0.6 is 11.3 Å². The van der Waals surface area contributed by atoms with Crippen molar-refractivity contribution in [3.05, 3.63) is 58.5 Å². The maximum absolute atomic E-state index is 12.4. The number of hydrogen-bond acceptors (Lipinski definition) is 6. The number of nitrogens with zero attached hydrogens (tertiary/aromatic N) is 5. The average molecular weight is 364 g/mol. The molecule has 0 spiro atoms. The van der Waals surface area contributed by atoms with Gasteiger partial charge in [0.05, 0.1) is 5.69 Å². The summed E-state index contributed by atoms with van der Waals surface area (Å²) in [4.78, 5) is 25.2. The van der Waals surface area contributed by atoms with Gasteiger partial charge in [-0.25, -0.2) is 14.5 Å². The molecule has 0 saturated carbocycles. The van der Waals surface area contributed by atoms with E-state index in [1.54, 1.807) is 12.3 Å². The summed E-state index contributed by atoms with van der Waals surface area (Å²) >= 11 is 1.37. The number of benzene rings is 1. The third-order valence-electron chi connectivity index (χ3n) is 4.16. The third-order valence-corrected chi connectivity index (χ3v) is 4.92. The molecular weight excluding hydrogens is 348 g/mol. The summed E-state index contributed by atoms with van der Waals surface area (Å²) in [5, 5.41) is 9.39. The van der Waals surface area contributed by atoms with Gasteiger partial charge >= 0.3 is 0 Å². The van der Waals surface area contributed by atoms with Gasteiger partial charge in [0, 0.05) is 22.8 Å². The highest BCUT2D eigenvalue weighted by Gasteiger charge is 2.16. The molecule has 3 aromatic heterocycles. The van der Waals surface area contributed by atoms with Gasteiger partial charge in [-0.3, -0.25) is 10.1 Å². The molecule has 3 heterocycles. The largest absolute Gasteiger partial charge is 0.297 e. The molecule has 0 aliphatic carbocycles. The van der Waals surface area contributed by atoms with Crippen LogP contribution in [0.15, 0.2) is 35.8 Å². The molecule has 7 nitrogen and oxygen atoms in total. The topological polar surface area (TPSA) is 85.1 Å². The van der Waals surface area contributed by atoms with Gasteiger partial charge in [0.25, 0.3) is 11.7 Å². The van der Waals surface area contributed by atoms with Crippen LogP contribution in [0.2, 0.25) is 0 Å². The van der Waals surface area contributed by atoms with Crippen molar-refractivity contribution in [2.45, 2.75) is 20.8 Å². The van der Waals surface area contributed by atoms with Gasteiger partial charge in [-0.2, -0.15) is 4.98 Å². The second-order valence-electron chi connectivity index (χ2n) is 6.02. The van der Waals surface area contributed by atoms with E-state index < -0.39 is 5.91 Å². The lowest BCUT2D eigenvalue weighted by Gasteiger charge is -2.02. The van der Waals surface area contributed by atoms with Crippen LogP contribution in [-0.2, 0) is 0 Å². The van der Waals surface area contributed by atoms with Crippen LogP contribution in [0.1, 0.15) is 27.4 Å². The molecule has 0 unspecified atom stereocenters. The van der Waals surface area contributed by atoms with Crippen molar-refractivity contribution in [1.29, 1.82) is 0 Å². The van der Waals surface area contributed by atoms with Crippen LogP contribution in [0.4, 0.5) is 5.13 Å². The Morgan fingerprint density at radius 2 is 1.96 bits per heavy atom. The fourth-order valence-corrected chi connectivity index (χ4v) is 3.23. The highest BCUT2D eigenvalue weighted by molar-refractivity contribution is 7.14. The molecule has 8 heteroatoms. The third kappa shape index (κ3) is 2.95. The van der Waals surface area contributed by atoms with Crippen LogP contribution in [-0.4, -0.2) is 30.5 Å². The van der Waals surface area contributed by atoms with Crippen LogP contribution < -0.4 is 5.32 Å². The van der Waals surface area contributed by atoms with E-state index >= 15 is 0 Å². The maximum Gasteiger partial charge on any atom is 0.297 e. The van der Waals surface area contributed by atoms with Crippen LogP contribution in [0.5, 0.6) is 0 Å². The summed E-state index contributed by atoms with van der Waals surface area (Å²) in [7, 11) is 0. The molecule has 4 aromatic rings. The highest BCUT2D eigenvalue weighted by Crippen LogP contribution is 2.26. The van der Waals surface area contributed by atoms with E-state index in [0.717, 1.165) is 17.0 Å². The molecule has 4 rings (SSSR count). The fourth-order valence-electron chi connectivity index (χ4n) is 2.52. The molecule has 0 saturated heterocycles. The number of carbonyl (C=O) groups excluding carboxylic acids is 1. The molecule has 130 valence electrons. The van der Waals surface area contributed by atoms with Crippen LogP contribution in [0.3, 0.4) is 0 Å². The summed E-state index contributed by atoms with van der Waals surface area (Å²) < 4.78 is 1.54. The Morgan fingerprint density at radius 3 is 2.73 bits per heavy atom. The monoisotopic (exact) mass is 364 g/mol. The second-order valence-corrected chi connectivity index (χ2v) is 6.88. The van der Waals surface area contributed by atoms with Gasteiger partial charge in [0.1, 0.15) is 0 Å². The summed E-state index contributed by atoms with van der Waals surface area (Å²) in [6.45, 7) is 6.02. The smallest absolute Gasteiger partial charge is 0.295 e. The lowest BCUT2D eigenvalue weighted by molar-refractivity contribution is 0.101. The number of thiazole rings is 1. The minimum absolute atomic E-state index is 0.0646. The van der Waals surface area contributed by atoms with E-state index in [4.69, 9.17) is 0 Å². The Kier molecular flexibility index (Phi) is 3.96. The zero-order chi connectivity index (χ0) is 18.3. The number of nitrogens with one attached hydrogen (secondary N) is 1. The molecule has 0 atom stereocenters. The lowest BCUT2D eigenvalue weighted by Crippen LogP contribution is -2.13. The Morgan fingerprint density at radius 1 is 1.12 bits per heavy atom. The van der Waals surface area contributed by atoms with Crippen molar-refractivity contribution in [3.8, 4) is 11.3 Å². The molecule has 0 radical (unpaired) electrons. The molecule has 1 amide bonds. The Bertz CT molecular complexity index is 1130. The van der Waals surface area contributed by atoms with Crippen molar-refractivity contribution in [1.82, 2.24) is 24.6 Å². The molecule has 1 aromatic carbocycles. The molecule has 0 aliphatic heterocycles. The minimum Gasteiger partial charge on any atom is -0.295 e. The molecule has 26 heavy (non-hydrogen) atoms. The van der Waals surface area contributed by atoms with Gasteiger partial charge in [-0.15, -0.1) is 16.4 Å². The predicted octanol–water partition coefficient (Wildman–Crippen LogP) is 3.43. The van der Waals surface area contributed by atoms with E-state index in [0.29, 0.717) is 10.9 Å². The highest BCUT2D eigenvalue weighted by atomic mass is 32.1. The van der Waals surface area contributed by atoms with E-state index in [1.807, 2.05) is 18.4 Å². The number of aryl methyl sites for hydroxylation is 3. The van der Waals surface area contributed by atoms with Gasteiger partial charge in [-0.05, 0) is 44.0 Å². The Balaban J connectivity index is 1.57. The zero-order valence-electron chi connectivity index (χ0n) is 14.5. The van der Waals surface area contributed by atoms with Gasteiger partial charge < -0.3 is 0 Å². The molecule has 0 aliphatic rings. The first-order valence-electron chi connectivity index (χ1n) is 8.04. The number of hydrogen-bond donors (Lipinski definition) is 1. The summed E-state index contributed by atoms with van der Waals surface area (Å²) in [6, 6.07) is 7.99. The van der Waals surface area contributed by atoms with Gasteiger partial charge in [-0.1, -0.05) is 12.1 Å². The van der Waals surface area contributed by atoms with E-state index in [9.17, 15) is 4.79 Å². The van der Waals surface area contributed by atoms with Crippen molar-refractivity contribution >= 4 is 28.2 Å². The normalized spacial score (nSPS) is 11.0. The van der Waals surface area contributed by atoms with E-state index in [1.165, 1.54) is 27.0 Å². The van der Waals surface area contributed by atoms with Crippen LogP contribution in [0, 0.1) is 20.8 Å². The van der Waals surface area contributed by atoms with Crippen molar-refractivity contribution < 1.29 is 4.79 Å². The van der Waals surface area contributed by atoms with E-state index in [2.05, 4.69) is 51.3 Å². The van der Waals surface area contributed by atoms with Crippen LogP contribution in [0.25, 0.3) is 17.0 Å². The maximum atomic E-state index is 12.4. The first kappa shape index (κ1) is 16.3. The molecule has 0 bridgehead atoms. The fraction of sp³-hybridized carbons (Fsp3) is 0.167. The van der Waals surface area contributed by atoms with Gasteiger partial charge in [0.15, 0.2) is 5.13 Å². The standard InChI is InChI=1S/C18H16N6OS/c1-10-4-5-13(8-11(10)2)14-9-26-18(20-14)22-16(25)15-21-17-19-7-6-12(3)24(17)23-15/h4-9H,1-3H3,(H,20,22,25). The first-order chi connectivity index (χ1) is 12.5. The van der Waals surface area contributed by atoms with Crippen molar-refractivity contribution in [3.63, 3.8) is 0 Å². The quantitative estimate of drug-likeness (QED) is 0.602. The average Bonchev–Trinajstić information content (AvgIpc) is 3.25. The summed E-state index contributed by atoms with van der Waals surface area (Å²) in [5.74, 6) is 0.0516. The molecule has 1 N–H and O–H groups in total. The Hall–Kier alpha value is -3.13. The first-order valence-corrected chi connectivity index (χ1v) is 8.92. The number of aromatic nitrogens is 5. The summed E-state index contributed by atoms with van der Waals surface area (Å²) in [5.41, 5.74) is 5.15. The van der Waals surface area contributed by atoms with Crippen molar-refractivity contribution in [2.75, 3.05) is 5.32 Å². The molecular formula is C18H16N6OS. The van der Waals surface area contributed by atoms with E-state index in [-0.39, 0.29) is 5.82 Å². The number of rotatable bonds is 3. The zero-order valence-corrected chi connectivity index (χ0v) is 15.3. The minimum atomic E-state index is -0.407. The predicted molar refractivity (Wildman–Crippen MR) is 100 cm³/mol. The van der Waals surface area contributed by atoms with Crippen molar-refractivity contribution in [2.24, 2.45) is 0 Å². The second kappa shape index (κ2) is 6.30. The lowest BCUT2D eigenvalue weighted by atomic mass is 10.1. The van der Waals surface area contributed by atoms with Gasteiger partial charge in [0.2, 0.25) is 5.82 Å². The Labute approximate surface area is 153 Å². The SMILES string of the molecule is Cc1ccc(-c2csc(NC(=O)c3nc4nccc(C)n4n3)n2)cc1C. The number of amides is 1.